The molecule has 0 aromatic rings. The fraction of sp³-hybridized carbons (Fsp3) is 0.674. The Bertz CT molecular complexity index is 4780. The van der Waals surface area contributed by atoms with E-state index in [0.717, 1.165) is 14.7 Å². The SMILES string of the molecule is CC(C)C[C@H](NC(=O)[C@H](CCC(=O)O)NC(=O)[C@H](CS)NC(=O)[C@@H](NC(=O)[C@H](CCC(=O)O)NC(=O)[C@H](CCCNC(=N)N)NC(=O)[C@H](CCCNC(=N)N)NC(=O)[C@@H]1CCCN1C(=O)[C@H](CCC(=O)O)NC(=O)[C@H](CC(C)C)NC(=O)[C@@H]1CCCN1C(=O)[C@@H](N)CC(=O)O)C(C)C)C(=O)N[C@@H](CC(N)=O)C(=O)N1CCC[C@H]1C(=O)N[C@@H](CC(=O)O)C(=O)N[C@@H](CS)C(=O)N[C@@H](CC(=O)O)C(=O)N[C@@H](CCC(=O)O)C(=O)O. The lowest BCUT2D eigenvalue weighted by atomic mass is 10.0. The molecule has 61 heteroatoms. The maximum Gasteiger partial charge on any atom is 0.326 e. The molecule has 3 aliphatic rings. The first-order chi connectivity index (χ1) is 68.8. The highest BCUT2D eigenvalue weighted by atomic mass is 32.1. The van der Waals surface area contributed by atoms with Crippen molar-refractivity contribution in [3.05, 3.63) is 0 Å². The number of rotatable bonds is 67. The fourth-order valence-corrected chi connectivity index (χ4v) is 16.3. The summed E-state index contributed by atoms with van der Waals surface area (Å²) in [5, 5.41) is 130. The molecule has 18 atom stereocenters. The van der Waals surface area contributed by atoms with Crippen molar-refractivity contribution < 1.29 is 166 Å². The third-order valence-corrected chi connectivity index (χ3v) is 23.9. The van der Waals surface area contributed by atoms with Gasteiger partial charge in [0.1, 0.15) is 103 Å². The molecule has 3 rings (SSSR count). The van der Waals surface area contributed by atoms with Crippen molar-refractivity contribution in [3.63, 3.8) is 0 Å². The van der Waals surface area contributed by atoms with E-state index < -0.39 is 375 Å². The van der Waals surface area contributed by atoms with Crippen LogP contribution in [0, 0.1) is 28.6 Å². The number of nitrogens with two attached hydrogens (primary N) is 4. The van der Waals surface area contributed by atoms with Gasteiger partial charge in [-0.1, -0.05) is 41.5 Å². The van der Waals surface area contributed by atoms with Crippen LogP contribution in [0.5, 0.6) is 0 Å². The first kappa shape index (κ1) is 127. The molecule has 0 aliphatic carbocycles. The van der Waals surface area contributed by atoms with Crippen LogP contribution in [0.4, 0.5) is 0 Å². The summed E-state index contributed by atoms with van der Waals surface area (Å²) in [5.41, 5.74) is 22.5. The van der Waals surface area contributed by atoms with E-state index in [1.54, 1.807) is 27.7 Å². The molecule has 822 valence electrons. The average molecular weight is 2130 g/mol. The van der Waals surface area contributed by atoms with Gasteiger partial charge in [-0.25, -0.2) is 4.79 Å². The monoisotopic (exact) mass is 2130 g/mol. The van der Waals surface area contributed by atoms with Crippen molar-refractivity contribution in [1.82, 2.24) is 99.8 Å². The van der Waals surface area contributed by atoms with Crippen LogP contribution in [-0.4, -0.2) is 375 Å². The Morgan fingerprint density at radius 3 is 0.946 bits per heavy atom. The zero-order chi connectivity index (χ0) is 111. The molecule has 3 fully saturated rings. The molecule has 0 aromatic heterocycles. The zero-order valence-electron chi connectivity index (χ0n) is 81.8. The van der Waals surface area contributed by atoms with E-state index in [9.17, 15) is 160 Å². The van der Waals surface area contributed by atoms with Crippen molar-refractivity contribution >= 4 is 191 Å². The van der Waals surface area contributed by atoms with Crippen molar-refractivity contribution in [2.75, 3.05) is 44.2 Å². The van der Waals surface area contributed by atoms with Gasteiger partial charge in [0, 0.05) is 69.9 Å². The Labute approximate surface area is 852 Å². The van der Waals surface area contributed by atoms with Gasteiger partial charge in [0.05, 0.1) is 31.7 Å². The summed E-state index contributed by atoms with van der Waals surface area (Å²) in [7, 11) is 0. The summed E-state index contributed by atoms with van der Waals surface area (Å²) in [6.45, 7) is 8.62. The summed E-state index contributed by atoms with van der Waals surface area (Å²) in [5.74, 6) is -37.5. The number of aliphatic carboxylic acids is 8. The fourth-order valence-electron chi connectivity index (χ4n) is 15.8. The third-order valence-electron chi connectivity index (χ3n) is 23.1. The Morgan fingerprint density at radius 1 is 0.313 bits per heavy atom. The second-order valence-corrected chi connectivity index (χ2v) is 37.1. The van der Waals surface area contributed by atoms with Crippen LogP contribution < -0.4 is 108 Å². The number of carbonyl (C=O) groups excluding carboxylic acids is 18. The summed E-state index contributed by atoms with van der Waals surface area (Å²) in [4.78, 5) is 353. The molecule has 3 saturated heterocycles. The number of primary amides is 1. The minimum Gasteiger partial charge on any atom is -0.481 e. The number of carboxylic acids is 8. The number of hydrogen-bond donors (Lipinski definition) is 32. The second-order valence-electron chi connectivity index (χ2n) is 36.3. The van der Waals surface area contributed by atoms with E-state index in [-0.39, 0.29) is 109 Å². The molecule has 0 radical (unpaired) electrons. The average Bonchev–Trinajstić information content (AvgIpc) is 1.65. The number of carboxylic acid groups (broad SMARTS) is 8. The Hall–Kier alpha value is -14.6. The predicted octanol–water partition coefficient (Wildman–Crippen LogP) is -9.95. The zero-order valence-corrected chi connectivity index (χ0v) is 83.6. The second kappa shape index (κ2) is 63.0. The lowest BCUT2D eigenvalue weighted by molar-refractivity contribution is -0.145. The van der Waals surface area contributed by atoms with E-state index in [2.05, 4.69) is 99.7 Å². The lowest BCUT2D eigenvalue weighted by Gasteiger charge is -2.31. The number of hydrogen-bond acceptors (Lipinski definition) is 31. The van der Waals surface area contributed by atoms with Crippen molar-refractivity contribution in [2.24, 2.45) is 40.7 Å². The van der Waals surface area contributed by atoms with Gasteiger partial charge in [-0.15, -0.1) is 0 Å². The molecular weight excluding hydrogens is 1990 g/mol. The Kier molecular flexibility index (Phi) is 54.2. The van der Waals surface area contributed by atoms with Gasteiger partial charge in [0.2, 0.25) is 106 Å². The number of amides is 18. The van der Waals surface area contributed by atoms with Crippen LogP contribution in [0.2, 0.25) is 0 Å². The molecule has 0 spiro atoms. The minimum atomic E-state index is -2.11. The van der Waals surface area contributed by atoms with Gasteiger partial charge in [-0.3, -0.25) is 131 Å². The molecule has 34 N–H and O–H groups in total. The van der Waals surface area contributed by atoms with Crippen LogP contribution >= 0.6 is 25.3 Å². The van der Waals surface area contributed by atoms with Gasteiger partial charge >= 0.3 is 47.8 Å². The molecule has 18 amide bonds. The summed E-state index contributed by atoms with van der Waals surface area (Å²) >= 11 is 8.22. The number of thiol groups is 2. The molecule has 3 aliphatic heterocycles. The molecule has 0 aromatic carbocycles. The highest BCUT2D eigenvalue weighted by Crippen LogP contribution is 2.26. The first-order valence-corrected chi connectivity index (χ1v) is 48.4. The van der Waals surface area contributed by atoms with Crippen LogP contribution in [0.1, 0.15) is 196 Å². The topological polar surface area (TPSA) is 960 Å². The van der Waals surface area contributed by atoms with Gasteiger partial charge in [-0.2, -0.15) is 25.3 Å². The molecule has 0 unspecified atom stereocenters. The number of carbonyl (C=O) groups is 26. The summed E-state index contributed by atoms with van der Waals surface area (Å²) < 4.78 is 0. The highest BCUT2D eigenvalue weighted by molar-refractivity contribution is 7.80. The van der Waals surface area contributed by atoms with Crippen molar-refractivity contribution in [2.45, 2.75) is 304 Å². The molecule has 0 bridgehead atoms. The minimum absolute atomic E-state index is 0.00232. The summed E-state index contributed by atoms with van der Waals surface area (Å²) in [6, 6.07) is -31.3. The highest BCUT2D eigenvalue weighted by Gasteiger charge is 2.47. The number of guanidine groups is 2. The van der Waals surface area contributed by atoms with Gasteiger partial charge < -0.3 is 164 Å². The van der Waals surface area contributed by atoms with E-state index in [1.807, 2.05) is 10.6 Å². The Balaban J connectivity index is 1.95. The maximum absolute atomic E-state index is 14.8. The van der Waals surface area contributed by atoms with Crippen LogP contribution in [0.3, 0.4) is 0 Å². The van der Waals surface area contributed by atoms with Crippen molar-refractivity contribution in [3.8, 4) is 0 Å². The molecular formula is C86H137N25O34S2. The molecule has 147 heavy (non-hydrogen) atoms. The summed E-state index contributed by atoms with van der Waals surface area (Å²) in [6.07, 6.45) is -11.1. The van der Waals surface area contributed by atoms with Gasteiger partial charge in [-0.05, 0) is 120 Å². The maximum atomic E-state index is 14.8. The van der Waals surface area contributed by atoms with E-state index in [1.165, 1.54) is 13.8 Å². The predicted molar refractivity (Wildman–Crippen MR) is 515 cm³/mol. The van der Waals surface area contributed by atoms with Gasteiger partial charge in [0.15, 0.2) is 11.9 Å². The number of nitrogens with zero attached hydrogens (tertiary/aromatic N) is 3. The van der Waals surface area contributed by atoms with Crippen LogP contribution in [0.25, 0.3) is 0 Å². The first-order valence-electron chi connectivity index (χ1n) is 47.1. The van der Waals surface area contributed by atoms with Crippen LogP contribution in [-0.2, 0) is 125 Å². The lowest BCUT2D eigenvalue weighted by Crippen LogP contribution is -2.62. The number of likely N-dealkylation sites (tertiary alicyclic amines) is 3. The standard InChI is InChI=1S/C86H137N25O34S2/c1-38(2)30-48(72(132)105-52(33-58(88)112)83(143)111-29-11-16-57(111)79(139)104-51(35-65(125)126)74(134)106-53(36-146)76(136)102-50(34-64(123)124)73(133)100-47(84(144)145)20-24-62(119)120)101-69(129)44(17-21-59(113)114)97-75(135)54(37-147)107-80(140)66(40(5)6)108-70(130)45(18-22-60(115)116)96-67(127)42(12-7-25-93-85(89)90)95-68(128)43(13-8-26-94-86(91)92)98-77(137)56-15-10-28-110(56)82(142)46(19-23-61(117)118)99-71(131)49(31-39(3)4)103-78(138)55-14-9-27-109(55)81(141)41(87)32-63(121)122/h38-57,66,146-147H,7-37,87H2,1-6H3,(H2,88,112)(H,95,128)(H,96,127)(H,97,135)(H,98,137)(H,99,131)(H,100,133)(H,101,129)(H,102,136)(H,103,138)(H,104,139)(H,105,132)(H,106,134)(H,107,140)(H,108,130)(H,113,114)(H,115,116)(H,117,118)(H,119,120)(H,121,122)(H,123,124)(H,125,126)(H,144,145)(H4,89,90,93)(H4,91,92,94)/t41-,42-,43-,44-,45-,46-,47-,48-,49-,50-,51-,52-,53-,54-,55-,56-,57-,66-/m0/s1. The molecule has 3 heterocycles. The third kappa shape index (κ3) is 44.9. The van der Waals surface area contributed by atoms with Crippen molar-refractivity contribution in [1.29, 1.82) is 10.8 Å². The molecule has 0 saturated carbocycles. The van der Waals surface area contributed by atoms with E-state index in [0.29, 0.717) is 6.42 Å². The van der Waals surface area contributed by atoms with E-state index in [4.69, 9.17) is 38.9 Å². The molecule has 59 nitrogen and oxygen atoms in total. The van der Waals surface area contributed by atoms with Crippen LogP contribution in [0.15, 0.2) is 0 Å². The van der Waals surface area contributed by atoms with E-state index >= 15 is 0 Å². The Morgan fingerprint density at radius 2 is 0.585 bits per heavy atom. The smallest absolute Gasteiger partial charge is 0.326 e. The largest absolute Gasteiger partial charge is 0.481 e. The number of nitrogens with one attached hydrogen (secondary N) is 18. The normalized spacial score (nSPS) is 17.3. The quantitative estimate of drug-likeness (QED) is 0.0116. The van der Waals surface area contributed by atoms with Gasteiger partial charge in [0.25, 0.3) is 0 Å².